The van der Waals surface area contributed by atoms with Crippen molar-refractivity contribution in [2.75, 3.05) is 0 Å². The van der Waals surface area contributed by atoms with Crippen LogP contribution in [0.3, 0.4) is 0 Å². The molecule has 19 heavy (non-hydrogen) atoms. The molecule has 1 N–H and O–H groups in total. The molecule has 0 amide bonds. The third-order valence-electron chi connectivity index (χ3n) is 2.75. The highest BCUT2D eigenvalue weighted by atomic mass is 35.5. The Morgan fingerprint density at radius 2 is 1.79 bits per heavy atom. The molecule has 0 atom stereocenters. The lowest BCUT2D eigenvalue weighted by Crippen LogP contribution is -1.97. The molecule has 0 aliphatic carbocycles. The number of nitrogens with zero attached hydrogens (tertiary/aromatic N) is 3. The first-order valence-corrected chi connectivity index (χ1v) is 6.13. The number of aromatic nitrogens is 3. The average Bonchev–Trinajstić information content (AvgIpc) is 2.41. The lowest BCUT2D eigenvalue weighted by Gasteiger charge is -2.03. The minimum Gasteiger partial charge on any atom is -0.508 e. The van der Waals surface area contributed by atoms with Gasteiger partial charge in [0, 0.05) is 12.6 Å². The lowest BCUT2D eigenvalue weighted by atomic mass is 10.1. The van der Waals surface area contributed by atoms with Gasteiger partial charge in [-0.2, -0.15) is 0 Å². The first-order chi connectivity index (χ1) is 9.20. The van der Waals surface area contributed by atoms with E-state index in [2.05, 4.69) is 15.0 Å². The number of phenols is 1. The molecule has 0 radical (unpaired) electrons. The normalized spacial score (nSPS) is 10.8. The summed E-state index contributed by atoms with van der Waals surface area (Å²) in [6, 6.07) is 8.76. The number of pyridine rings is 1. The van der Waals surface area contributed by atoms with Crippen molar-refractivity contribution in [3.8, 4) is 5.75 Å². The smallest absolute Gasteiger partial charge is 0.133 e. The number of phenolic OH excluding ortho intramolecular Hbond substituents is 1. The zero-order valence-corrected chi connectivity index (χ0v) is 10.7. The van der Waals surface area contributed by atoms with Crippen LogP contribution in [0, 0.1) is 0 Å². The molecule has 2 heterocycles. The van der Waals surface area contributed by atoms with Gasteiger partial charge >= 0.3 is 0 Å². The van der Waals surface area contributed by atoms with Gasteiger partial charge in [0.2, 0.25) is 0 Å². The van der Waals surface area contributed by atoms with Gasteiger partial charge < -0.3 is 5.11 Å². The summed E-state index contributed by atoms with van der Waals surface area (Å²) in [6.45, 7) is 0. The Balaban J connectivity index is 1.94. The van der Waals surface area contributed by atoms with Crippen LogP contribution < -0.4 is 0 Å². The number of rotatable bonds is 2. The van der Waals surface area contributed by atoms with Gasteiger partial charge in [-0.15, -0.1) is 0 Å². The van der Waals surface area contributed by atoms with Crippen LogP contribution in [-0.4, -0.2) is 20.1 Å². The van der Waals surface area contributed by atoms with Crippen LogP contribution in [0.2, 0.25) is 5.02 Å². The van der Waals surface area contributed by atoms with Gasteiger partial charge in [0.05, 0.1) is 16.7 Å². The molecule has 1 aromatic carbocycles. The van der Waals surface area contributed by atoms with Crippen molar-refractivity contribution in [1.82, 2.24) is 15.0 Å². The Bertz CT molecular complexity index is 728. The van der Waals surface area contributed by atoms with Crippen molar-refractivity contribution < 1.29 is 5.11 Å². The van der Waals surface area contributed by atoms with Crippen molar-refractivity contribution in [2.24, 2.45) is 0 Å². The fourth-order valence-corrected chi connectivity index (χ4v) is 1.97. The maximum atomic E-state index is 9.24. The Morgan fingerprint density at radius 3 is 2.58 bits per heavy atom. The summed E-state index contributed by atoms with van der Waals surface area (Å²) in [4.78, 5) is 12.9. The minimum absolute atomic E-state index is 0.249. The van der Waals surface area contributed by atoms with E-state index in [1.54, 1.807) is 30.6 Å². The van der Waals surface area contributed by atoms with E-state index in [-0.39, 0.29) is 5.75 Å². The van der Waals surface area contributed by atoms with E-state index in [1.807, 2.05) is 12.1 Å². The maximum absolute atomic E-state index is 9.24. The van der Waals surface area contributed by atoms with Crippen LogP contribution in [0.25, 0.3) is 11.0 Å². The Labute approximate surface area is 114 Å². The molecule has 3 rings (SSSR count). The summed E-state index contributed by atoms with van der Waals surface area (Å²) in [5, 5.41) is 9.80. The van der Waals surface area contributed by atoms with Crippen molar-refractivity contribution in [3.63, 3.8) is 0 Å². The van der Waals surface area contributed by atoms with E-state index < -0.39 is 0 Å². The van der Waals surface area contributed by atoms with Gasteiger partial charge in [-0.3, -0.25) is 4.98 Å². The summed E-state index contributed by atoms with van der Waals surface area (Å²) in [5.74, 6) is 0.946. The average molecular weight is 272 g/mol. The zero-order valence-electron chi connectivity index (χ0n) is 9.92. The first-order valence-electron chi connectivity index (χ1n) is 5.76. The van der Waals surface area contributed by atoms with Gasteiger partial charge in [-0.1, -0.05) is 23.7 Å². The highest BCUT2D eigenvalue weighted by Crippen LogP contribution is 2.16. The minimum atomic E-state index is 0.249. The summed E-state index contributed by atoms with van der Waals surface area (Å²) >= 11 is 5.90. The third kappa shape index (κ3) is 2.63. The summed E-state index contributed by atoms with van der Waals surface area (Å²) in [5.41, 5.74) is 2.49. The molecular formula is C14H10ClN3O. The van der Waals surface area contributed by atoms with E-state index in [0.717, 1.165) is 16.6 Å². The predicted octanol–water partition coefficient (Wildman–Crippen LogP) is 2.97. The molecule has 2 aromatic heterocycles. The molecule has 0 bridgehead atoms. The van der Waals surface area contributed by atoms with Crippen LogP contribution >= 0.6 is 11.6 Å². The fraction of sp³-hybridized carbons (Fsp3) is 0.0714. The highest BCUT2D eigenvalue weighted by molar-refractivity contribution is 6.31. The summed E-state index contributed by atoms with van der Waals surface area (Å²) in [7, 11) is 0. The van der Waals surface area contributed by atoms with Crippen molar-refractivity contribution in [2.45, 2.75) is 6.42 Å². The van der Waals surface area contributed by atoms with Gasteiger partial charge in [-0.05, 0) is 23.8 Å². The Morgan fingerprint density at radius 1 is 1.00 bits per heavy atom. The Hall–Kier alpha value is -2.20. The van der Waals surface area contributed by atoms with Gasteiger partial charge in [0.25, 0.3) is 0 Å². The van der Waals surface area contributed by atoms with E-state index in [1.165, 1.54) is 0 Å². The summed E-state index contributed by atoms with van der Waals surface area (Å²) in [6.07, 6.45) is 3.87. The van der Waals surface area contributed by atoms with Crippen molar-refractivity contribution in [1.29, 1.82) is 0 Å². The molecule has 0 saturated heterocycles. The molecule has 94 valence electrons. The van der Waals surface area contributed by atoms with Crippen molar-refractivity contribution in [3.05, 3.63) is 59.1 Å². The van der Waals surface area contributed by atoms with Crippen LogP contribution in [-0.2, 0) is 6.42 Å². The van der Waals surface area contributed by atoms with Crippen molar-refractivity contribution >= 4 is 22.6 Å². The molecule has 0 spiro atoms. The number of fused-ring (bicyclic) bond motifs is 1. The molecule has 0 saturated carbocycles. The molecule has 5 heteroatoms. The second-order valence-corrected chi connectivity index (χ2v) is 4.62. The van der Waals surface area contributed by atoms with Crippen LogP contribution in [0.1, 0.15) is 11.4 Å². The SMILES string of the molecule is Oc1ccc(Cc2ncc3ncc(Cl)cc3n2)cc1. The zero-order chi connectivity index (χ0) is 13.2. The molecule has 0 unspecified atom stereocenters. The second-order valence-electron chi connectivity index (χ2n) is 4.19. The molecule has 0 aliphatic rings. The topological polar surface area (TPSA) is 58.9 Å². The third-order valence-corrected chi connectivity index (χ3v) is 2.95. The molecule has 0 aliphatic heterocycles. The molecule has 4 nitrogen and oxygen atoms in total. The fourth-order valence-electron chi connectivity index (χ4n) is 1.81. The van der Waals surface area contributed by atoms with Crippen LogP contribution in [0.15, 0.2) is 42.7 Å². The number of hydrogen-bond acceptors (Lipinski definition) is 4. The first kappa shape index (κ1) is 11.9. The van der Waals surface area contributed by atoms with Crippen LogP contribution in [0.5, 0.6) is 5.75 Å². The maximum Gasteiger partial charge on any atom is 0.133 e. The number of halogens is 1. The number of aromatic hydroxyl groups is 1. The van der Waals surface area contributed by atoms with Gasteiger partial charge in [-0.25, -0.2) is 9.97 Å². The van der Waals surface area contributed by atoms with Gasteiger partial charge in [0.1, 0.15) is 17.1 Å². The lowest BCUT2D eigenvalue weighted by molar-refractivity contribution is 0.475. The highest BCUT2D eigenvalue weighted by Gasteiger charge is 2.03. The van der Waals surface area contributed by atoms with E-state index in [0.29, 0.717) is 17.3 Å². The van der Waals surface area contributed by atoms with Gasteiger partial charge in [0.15, 0.2) is 0 Å². The van der Waals surface area contributed by atoms with Crippen LogP contribution in [0.4, 0.5) is 0 Å². The number of hydrogen-bond donors (Lipinski definition) is 1. The second kappa shape index (κ2) is 4.82. The predicted molar refractivity (Wildman–Crippen MR) is 73.3 cm³/mol. The molecule has 3 aromatic rings. The quantitative estimate of drug-likeness (QED) is 0.778. The Kier molecular flexibility index (Phi) is 3.01. The van der Waals surface area contributed by atoms with E-state index in [9.17, 15) is 5.11 Å². The van der Waals surface area contributed by atoms with E-state index in [4.69, 9.17) is 11.6 Å². The molecule has 0 fully saturated rings. The molecular weight excluding hydrogens is 262 g/mol. The summed E-state index contributed by atoms with van der Waals surface area (Å²) < 4.78 is 0. The number of benzene rings is 1. The van der Waals surface area contributed by atoms with E-state index >= 15 is 0 Å². The standard InChI is InChI=1S/C14H10ClN3O/c15-10-6-12-13(16-7-10)8-17-14(18-12)5-9-1-3-11(19)4-2-9/h1-4,6-8,19H,5H2. The monoisotopic (exact) mass is 271 g/mol. The largest absolute Gasteiger partial charge is 0.508 e.